The first kappa shape index (κ1) is 30.3. The van der Waals surface area contributed by atoms with Crippen LogP contribution in [0.3, 0.4) is 0 Å². The van der Waals surface area contributed by atoms with Crippen LogP contribution in [-0.2, 0) is 15.9 Å². The van der Waals surface area contributed by atoms with Crippen molar-refractivity contribution in [1.82, 2.24) is 0 Å². The molecule has 2 nitrogen and oxygen atoms in total. The molecule has 0 bridgehead atoms. The molecular weight excluding hydrogens is 516 g/mol. The number of rotatable bonds is 13. The predicted molar refractivity (Wildman–Crippen MR) is 152 cm³/mol. The number of hydrogen-bond acceptors (Lipinski definition) is 2. The highest BCUT2D eigenvalue weighted by Gasteiger charge is 2.27. The molecule has 0 spiro atoms. The first-order valence-corrected chi connectivity index (χ1v) is 14.7. The van der Waals surface area contributed by atoms with Crippen molar-refractivity contribution in [3.63, 3.8) is 0 Å². The van der Waals surface area contributed by atoms with E-state index in [1.54, 1.807) is 36.4 Å². The van der Waals surface area contributed by atoms with E-state index in [4.69, 9.17) is 9.47 Å². The van der Waals surface area contributed by atoms with Gasteiger partial charge in [-0.3, -0.25) is 0 Å². The van der Waals surface area contributed by atoms with Crippen LogP contribution < -0.4 is 0 Å². The van der Waals surface area contributed by atoms with Crippen LogP contribution in [0.5, 0.6) is 0 Å². The maximum atomic E-state index is 15.1. The first-order valence-electron chi connectivity index (χ1n) is 14.7. The first-order chi connectivity index (χ1) is 19.4. The second-order valence-corrected chi connectivity index (χ2v) is 10.8. The maximum Gasteiger partial charge on any atom is 0.186 e. The Morgan fingerprint density at radius 1 is 0.600 bits per heavy atom. The minimum Gasteiger partial charge on any atom is -0.348 e. The van der Waals surface area contributed by atoms with E-state index >= 15 is 8.78 Å². The second kappa shape index (κ2) is 14.8. The molecule has 0 N–H and O–H groups in total. The molecule has 3 aromatic carbocycles. The molecule has 0 aromatic heterocycles. The molecule has 3 aromatic rings. The van der Waals surface area contributed by atoms with Crippen molar-refractivity contribution in [2.45, 2.75) is 84.3 Å². The Kier molecular flexibility index (Phi) is 11.2. The number of benzene rings is 3. The Morgan fingerprint density at radius 2 is 1.15 bits per heavy atom. The fourth-order valence-corrected chi connectivity index (χ4v) is 5.37. The molecule has 0 unspecified atom stereocenters. The van der Waals surface area contributed by atoms with Crippen molar-refractivity contribution in [1.29, 1.82) is 0 Å². The van der Waals surface area contributed by atoms with Gasteiger partial charge in [-0.1, -0.05) is 107 Å². The van der Waals surface area contributed by atoms with Crippen LogP contribution in [0.1, 0.15) is 89.1 Å². The van der Waals surface area contributed by atoms with Gasteiger partial charge in [0, 0.05) is 22.6 Å². The largest absolute Gasteiger partial charge is 0.348 e. The third kappa shape index (κ3) is 7.32. The van der Waals surface area contributed by atoms with Gasteiger partial charge < -0.3 is 9.47 Å². The molecule has 0 saturated carbocycles. The highest BCUT2D eigenvalue weighted by molar-refractivity contribution is 5.71. The van der Waals surface area contributed by atoms with Crippen molar-refractivity contribution >= 4 is 0 Å². The summed E-state index contributed by atoms with van der Waals surface area (Å²) in [6.07, 6.45) is 9.33. The minimum atomic E-state index is -1.01. The van der Waals surface area contributed by atoms with Crippen molar-refractivity contribution in [3.8, 4) is 22.3 Å². The topological polar surface area (TPSA) is 18.5 Å². The SMILES string of the molecule is CCCCCCCCCc1ccc(-c2ccc(-c3ccc(C4OCC(CCC)CO4)c(F)c3F)cc2)c(F)c1F. The highest BCUT2D eigenvalue weighted by atomic mass is 19.2. The monoisotopic (exact) mass is 556 g/mol. The number of aryl methyl sites for hydroxylation is 1. The van der Waals surface area contributed by atoms with E-state index in [2.05, 4.69) is 13.8 Å². The zero-order valence-corrected chi connectivity index (χ0v) is 23.6. The van der Waals surface area contributed by atoms with Gasteiger partial charge in [-0.15, -0.1) is 0 Å². The fourth-order valence-electron chi connectivity index (χ4n) is 5.37. The molecule has 1 fully saturated rings. The fraction of sp³-hybridized carbons (Fsp3) is 0.471. The lowest BCUT2D eigenvalue weighted by atomic mass is 9.96. The van der Waals surface area contributed by atoms with E-state index < -0.39 is 29.6 Å². The van der Waals surface area contributed by atoms with E-state index in [0.29, 0.717) is 36.3 Å². The molecule has 0 radical (unpaired) electrons. The summed E-state index contributed by atoms with van der Waals surface area (Å²) < 4.78 is 71.2. The molecule has 216 valence electrons. The van der Waals surface area contributed by atoms with E-state index in [9.17, 15) is 8.78 Å². The minimum absolute atomic E-state index is 0.0296. The van der Waals surface area contributed by atoms with Gasteiger partial charge >= 0.3 is 0 Å². The highest BCUT2D eigenvalue weighted by Crippen LogP contribution is 2.35. The van der Waals surface area contributed by atoms with Crippen molar-refractivity contribution in [2.75, 3.05) is 13.2 Å². The lowest BCUT2D eigenvalue weighted by molar-refractivity contribution is -0.207. The van der Waals surface area contributed by atoms with Crippen LogP contribution in [0.2, 0.25) is 0 Å². The molecule has 4 rings (SSSR count). The second-order valence-electron chi connectivity index (χ2n) is 10.8. The zero-order valence-electron chi connectivity index (χ0n) is 23.6. The quantitative estimate of drug-likeness (QED) is 0.154. The predicted octanol–water partition coefficient (Wildman–Crippen LogP) is 10.3. The molecule has 1 saturated heterocycles. The summed E-state index contributed by atoms with van der Waals surface area (Å²) in [5.74, 6) is -3.45. The summed E-state index contributed by atoms with van der Waals surface area (Å²) in [5, 5.41) is 0. The molecule has 6 heteroatoms. The Morgan fingerprint density at radius 3 is 1.75 bits per heavy atom. The van der Waals surface area contributed by atoms with Gasteiger partial charge in [-0.05, 0) is 36.0 Å². The molecule has 0 amide bonds. The summed E-state index contributed by atoms with van der Waals surface area (Å²) in [6.45, 7) is 5.15. The lowest BCUT2D eigenvalue weighted by Crippen LogP contribution is -2.27. The van der Waals surface area contributed by atoms with Crippen molar-refractivity contribution in [2.24, 2.45) is 5.92 Å². The van der Waals surface area contributed by atoms with E-state index in [-0.39, 0.29) is 22.6 Å². The van der Waals surface area contributed by atoms with Gasteiger partial charge in [-0.25, -0.2) is 17.6 Å². The number of ether oxygens (including phenoxy) is 2. The Hall–Kier alpha value is -2.70. The molecule has 1 heterocycles. The van der Waals surface area contributed by atoms with Crippen LogP contribution in [0, 0.1) is 29.2 Å². The molecular formula is C34H40F4O2. The smallest absolute Gasteiger partial charge is 0.186 e. The van der Waals surface area contributed by atoms with Crippen molar-refractivity contribution in [3.05, 3.63) is 82.9 Å². The molecule has 1 aliphatic heterocycles. The summed E-state index contributed by atoms with van der Waals surface area (Å²) in [7, 11) is 0. The third-order valence-electron chi connectivity index (χ3n) is 7.75. The maximum absolute atomic E-state index is 15.1. The number of hydrogen-bond donors (Lipinski definition) is 0. The average molecular weight is 557 g/mol. The average Bonchev–Trinajstić information content (AvgIpc) is 2.97. The molecule has 40 heavy (non-hydrogen) atoms. The van der Waals surface area contributed by atoms with Crippen LogP contribution >= 0.6 is 0 Å². The van der Waals surface area contributed by atoms with Gasteiger partial charge in [0.15, 0.2) is 29.6 Å². The lowest BCUT2D eigenvalue weighted by Gasteiger charge is -2.29. The Balaban J connectivity index is 1.42. The number of halogens is 4. The normalized spacial score (nSPS) is 17.4. The van der Waals surface area contributed by atoms with Gasteiger partial charge in [0.2, 0.25) is 0 Å². The van der Waals surface area contributed by atoms with E-state index in [0.717, 1.165) is 32.1 Å². The van der Waals surface area contributed by atoms with Crippen LogP contribution in [0.15, 0.2) is 48.5 Å². The third-order valence-corrected chi connectivity index (χ3v) is 7.75. The van der Waals surface area contributed by atoms with Gasteiger partial charge in [0.1, 0.15) is 0 Å². The van der Waals surface area contributed by atoms with Crippen molar-refractivity contribution < 1.29 is 27.0 Å². The van der Waals surface area contributed by atoms with Crippen LogP contribution in [-0.4, -0.2) is 13.2 Å². The zero-order chi connectivity index (χ0) is 28.5. The van der Waals surface area contributed by atoms with Gasteiger partial charge in [0.05, 0.1) is 13.2 Å². The number of unbranched alkanes of at least 4 members (excludes halogenated alkanes) is 6. The Labute approximate surface area is 235 Å². The summed E-state index contributed by atoms with van der Waals surface area (Å²) in [5.41, 5.74) is 1.52. The van der Waals surface area contributed by atoms with Crippen LogP contribution in [0.25, 0.3) is 22.3 Å². The summed E-state index contributed by atoms with van der Waals surface area (Å²) >= 11 is 0. The molecule has 1 aliphatic rings. The molecule has 0 aliphatic carbocycles. The van der Waals surface area contributed by atoms with Gasteiger partial charge in [-0.2, -0.15) is 0 Å². The molecule has 0 atom stereocenters. The van der Waals surface area contributed by atoms with E-state index in [1.807, 2.05) is 0 Å². The Bertz CT molecular complexity index is 1230. The van der Waals surface area contributed by atoms with E-state index in [1.165, 1.54) is 37.8 Å². The summed E-state index contributed by atoms with van der Waals surface area (Å²) in [4.78, 5) is 0. The van der Waals surface area contributed by atoms with Gasteiger partial charge in [0.25, 0.3) is 0 Å². The summed E-state index contributed by atoms with van der Waals surface area (Å²) in [6, 6.07) is 12.6. The standard InChI is InChI=1S/C34H40F4O2/c1-3-5-6-7-8-9-10-12-26-17-18-27(31(36)30(26)35)24-13-15-25(16-14-24)28-19-20-29(33(38)32(28)37)34-39-21-23(11-4-2)22-40-34/h13-20,23,34H,3-12,21-22H2,1-2H3. The van der Waals surface area contributed by atoms with Crippen LogP contribution in [0.4, 0.5) is 17.6 Å².